The van der Waals surface area contributed by atoms with Gasteiger partial charge in [-0.3, -0.25) is 0 Å². The minimum absolute atomic E-state index is 0.260. The van der Waals surface area contributed by atoms with E-state index in [0.29, 0.717) is 0 Å². The maximum atomic E-state index is 6.14. The number of nitrogens with zero attached hydrogens (tertiary/aromatic N) is 2. The van der Waals surface area contributed by atoms with Crippen LogP contribution in [0, 0.1) is 0 Å². The third kappa shape index (κ3) is 3.50. The Labute approximate surface area is 155 Å². The molecule has 0 atom stereocenters. The number of halogens is 1. The largest absolute Gasteiger partial charge is 0.369 e. The van der Waals surface area contributed by atoms with Crippen LogP contribution in [0.25, 0.3) is 22.0 Å². The second kappa shape index (κ2) is 7.21. The van der Waals surface area contributed by atoms with Crippen molar-refractivity contribution in [1.29, 1.82) is 0 Å². The molecule has 2 aromatic heterocycles. The molecule has 0 radical (unpaired) electrons. The fourth-order valence-electron chi connectivity index (χ4n) is 2.90. The number of fused-ring (bicyclic) bond motifs is 1. The molecule has 0 unspecified atom stereocenters. The van der Waals surface area contributed by atoms with Crippen LogP contribution in [0.1, 0.15) is 4.88 Å². The lowest BCUT2D eigenvalue weighted by molar-refractivity contribution is 1.03. The van der Waals surface area contributed by atoms with Gasteiger partial charge >= 0.3 is 0 Å². The Hall–Kier alpha value is -2.43. The van der Waals surface area contributed by atoms with Gasteiger partial charge < -0.3 is 5.32 Å². The van der Waals surface area contributed by atoms with Gasteiger partial charge in [0.15, 0.2) is 0 Å². The molecule has 0 saturated carbocycles. The summed E-state index contributed by atoms with van der Waals surface area (Å²) in [5.41, 5.74) is 3.09. The quantitative estimate of drug-likeness (QED) is 0.463. The third-order valence-electron chi connectivity index (χ3n) is 4.02. The smallest absolute Gasteiger partial charge is 0.224 e. The van der Waals surface area contributed by atoms with Gasteiger partial charge in [0.1, 0.15) is 5.82 Å². The van der Waals surface area contributed by atoms with Crippen LogP contribution >= 0.6 is 22.9 Å². The van der Waals surface area contributed by atoms with Gasteiger partial charge in [-0.05, 0) is 46.7 Å². The summed E-state index contributed by atoms with van der Waals surface area (Å²) in [6.07, 6.45) is 0.953. The van der Waals surface area contributed by atoms with Crippen LogP contribution in [-0.2, 0) is 6.42 Å². The van der Waals surface area contributed by atoms with E-state index >= 15 is 0 Å². The number of aromatic nitrogens is 2. The molecule has 5 heteroatoms. The monoisotopic (exact) mass is 365 g/mol. The summed E-state index contributed by atoms with van der Waals surface area (Å²) in [4.78, 5) is 10.2. The second-order valence-corrected chi connectivity index (χ2v) is 7.03. The minimum Gasteiger partial charge on any atom is -0.369 e. The number of rotatable bonds is 5. The Morgan fingerprint density at radius 2 is 1.80 bits per heavy atom. The predicted molar refractivity (Wildman–Crippen MR) is 106 cm³/mol. The first-order chi connectivity index (χ1) is 12.3. The van der Waals surface area contributed by atoms with E-state index in [-0.39, 0.29) is 5.28 Å². The number of hydrogen-bond acceptors (Lipinski definition) is 4. The predicted octanol–water partition coefficient (Wildman–Crippen LogP) is 5.67. The molecule has 2 heterocycles. The second-order valence-electron chi connectivity index (χ2n) is 5.66. The first-order valence-corrected chi connectivity index (χ1v) is 9.35. The average Bonchev–Trinajstić information content (AvgIpc) is 3.15. The van der Waals surface area contributed by atoms with Crippen molar-refractivity contribution in [2.24, 2.45) is 0 Å². The number of nitrogens with one attached hydrogen (secondary N) is 1. The highest BCUT2D eigenvalue weighted by Crippen LogP contribution is 2.33. The molecule has 0 saturated heterocycles. The Balaban J connectivity index is 1.74. The normalized spacial score (nSPS) is 10.9. The van der Waals surface area contributed by atoms with Crippen LogP contribution in [0.5, 0.6) is 0 Å². The molecular weight excluding hydrogens is 350 g/mol. The molecule has 0 spiro atoms. The molecule has 0 aliphatic rings. The first-order valence-electron chi connectivity index (χ1n) is 8.09. The van der Waals surface area contributed by atoms with E-state index in [2.05, 4.69) is 51.0 Å². The van der Waals surface area contributed by atoms with Crippen LogP contribution in [0.15, 0.2) is 66.0 Å². The van der Waals surface area contributed by atoms with E-state index in [1.165, 1.54) is 4.88 Å². The van der Waals surface area contributed by atoms with E-state index in [9.17, 15) is 0 Å². The lowest BCUT2D eigenvalue weighted by atomic mass is 10.0. The van der Waals surface area contributed by atoms with E-state index in [4.69, 9.17) is 11.6 Å². The average molecular weight is 366 g/mol. The molecule has 25 heavy (non-hydrogen) atoms. The molecule has 0 amide bonds. The van der Waals surface area contributed by atoms with E-state index in [1.54, 1.807) is 11.3 Å². The number of hydrogen-bond donors (Lipinski definition) is 1. The van der Waals surface area contributed by atoms with Crippen molar-refractivity contribution in [3.05, 3.63) is 76.2 Å². The van der Waals surface area contributed by atoms with Gasteiger partial charge in [0.25, 0.3) is 0 Å². The lowest BCUT2D eigenvalue weighted by Crippen LogP contribution is -2.07. The van der Waals surface area contributed by atoms with Crippen molar-refractivity contribution in [2.45, 2.75) is 6.42 Å². The van der Waals surface area contributed by atoms with Crippen LogP contribution in [0.3, 0.4) is 0 Å². The number of thiophene rings is 1. The van der Waals surface area contributed by atoms with Crippen molar-refractivity contribution in [3.63, 3.8) is 0 Å². The highest BCUT2D eigenvalue weighted by atomic mass is 35.5. The van der Waals surface area contributed by atoms with E-state index in [0.717, 1.165) is 40.8 Å². The molecule has 0 aliphatic heterocycles. The van der Waals surface area contributed by atoms with Crippen molar-refractivity contribution in [2.75, 3.05) is 11.9 Å². The number of benzene rings is 2. The van der Waals surface area contributed by atoms with Crippen molar-refractivity contribution >= 4 is 39.7 Å². The summed E-state index contributed by atoms with van der Waals surface area (Å²) in [5.74, 6) is 0.783. The lowest BCUT2D eigenvalue weighted by Gasteiger charge is -2.12. The molecule has 0 fully saturated rings. The standard InChI is InChI=1S/C20H16ClN3S/c21-20-23-17-10-4-9-16(14-6-2-1-3-7-14)18(17)19(24-20)22-12-11-15-8-5-13-25-15/h1-10,13H,11-12H2,(H,22,23,24). The molecule has 3 nitrogen and oxygen atoms in total. The summed E-state index contributed by atoms with van der Waals surface area (Å²) in [7, 11) is 0. The van der Waals surface area contributed by atoms with Crippen molar-refractivity contribution < 1.29 is 0 Å². The Bertz CT molecular complexity index is 985. The zero-order valence-electron chi connectivity index (χ0n) is 13.4. The molecule has 2 aromatic carbocycles. The van der Waals surface area contributed by atoms with Crippen LogP contribution in [0.2, 0.25) is 5.28 Å². The fourth-order valence-corrected chi connectivity index (χ4v) is 3.78. The van der Waals surface area contributed by atoms with E-state index < -0.39 is 0 Å². The SMILES string of the molecule is Clc1nc(NCCc2cccs2)c2c(-c3ccccc3)cccc2n1. The topological polar surface area (TPSA) is 37.8 Å². The van der Waals surface area contributed by atoms with Gasteiger partial charge in [-0.2, -0.15) is 0 Å². The molecular formula is C20H16ClN3S. The first kappa shape index (κ1) is 16.1. The third-order valence-corrected chi connectivity index (χ3v) is 5.13. The van der Waals surface area contributed by atoms with Gasteiger partial charge in [-0.1, -0.05) is 48.5 Å². The Morgan fingerprint density at radius 3 is 2.60 bits per heavy atom. The minimum atomic E-state index is 0.260. The summed E-state index contributed by atoms with van der Waals surface area (Å²) in [6.45, 7) is 0.798. The van der Waals surface area contributed by atoms with Gasteiger partial charge in [0.05, 0.1) is 10.9 Å². The van der Waals surface area contributed by atoms with Gasteiger partial charge in [0.2, 0.25) is 5.28 Å². The highest BCUT2D eigenvalue weighted by Gasteiger charge is 2.12. The number of anilines is 1. The zero-order valence-corrected chi connectivity index (χ0v) is 15.0. The Kier molecular flexibility index (Phi) is 4.63. The summed E-state index contributed by atoms with van der Waals surface area (Å²) < 4.78 is 0. The molecule has 0 aliphatic carbocycles. The van der Waals surface area contributed by atoms with Gasteiger partial charge in [0, 0.05) is 11.4 Å². The highest BCUT2D eigenvalue weighted by molar-refractivity contribution is 7.09. The van der Waals surface area contributed by atoms with Gasteiger partial charge in [-0.25, -0.2) is 9.97 Å². The van der Waals surface area contributed by atoms with Crippen molar-refractivity contribution in [3.8, 4) is 11.1 Å². The fraction of sp³-hybridized carbons (Fsp3) is 0.100. The van der Waals surface area contributed by atoms with E-state index in [1.807, 2.05) is 30.3 Å². The summed E-state index contributed by atoms with van der Waals surface area (Å²) in [5, 5.41) is 6.81. The van der Waals surface area contributed by atoms with Crippen LogP contribution in [0.4, 0.5) is 5.82 Å². The summed E-state index contributed by atoms with van der Waals surface area (Å²) >= 11 is 7.91. The molecule has 4 aromatic rings. The summed E-state index contributed by atoms with van der Waals surface area (Å²) in [6, 6.07) is 20.6. The maximum Gasteiger partial charge on any atom is 0.224 e. The van der Waals surface area contributed by atoms with Crippen LogP contribution < -0.4 is 5.32 Å². The van der Waals surface area contributed by atoms with Crippen LogP contribution in [-0.4, -0.2) is 16.5 Å². The maximum absolute atomic E-state index is 6.14. The van der Waals surface area contributed by atoms with Gasteiger partial charge in [-0.15, -0.1) is 11.3 Å². The molecule has 4 rings (SSSR count). The molecule has 124 valence electrons. The van der Waals surface area contributed by atoms with Crippen molar-refractivity contribution in [1.82, 2.24) is 9.97 Å². The molecule has 1 N–H and O–H groups in total. The Morgan fingerprint density at radius 1 is 0.920 bits per heavy atom. The zero-order chi connectivity index (χ0) is 17.1. The molecule has 0 bridgehead atoms.